The maximum absolute atomic E-state index is 11.7. The van der Waals surface area contributed by atoms with Gasteiger partial charge in [-0.25, -0.2) is 9.97 Å². The Morgan fingerprint density at radius 1 is 1.72 bits per heavy atom. The van der Waals surface area contributed by atoms with Crippen molar-refractivity contribution in [1.29, 1.82) is 0 Å². The lowest BCUT2D eigenvalue weighted by Gasteiger charge is -2.33. The quantitative estimate of drug-likeness (QED) is 0.716. The van der Waals surface area contributed by atoms with Gasteiger partial charge in [-0.15, -0.1) is 0 Å². The summed E-state index contributed by atoms with van der Waals surface area (Å²) >= 11 is 0. The molecule has 1 saturated heterocycles. The number of amides is 1. The first-order valence-electron chi connectivity index (χ1n) is 5.81. The van der Waals surface area contributed by atoms with Gasteiger partial charge in [0.15, 0.2) is 0 Å². The van der Waals surface area contributed by atoms with E-state index >= 15 is 0 Å². The van der Waals surface area contributed by atoms with Gasteiger partial charge in [-0.05, 0) is 6.07 Å². The van der Waals surface area contributed by atoms with Crippen molar-refractivity contribution in [2.24, 2.45) is 0 Å². The molecule has 1 aliphatic heterocycles. The molecular formula is C11H17N5O2. The van der Waals surface area contributed by atoms with E-state index < -0.39 is 0 Å². The summed E-state index contributed by atoms with van der Waals surface area (Å²) in [5.74, 6) is 0.203. The maximum Gasteiger partial charge on any atom is 0.239 e. The van der Waals surface area contributed by atoms with Gasteiger partial charge in [0.2, 0.25) is 11.9 Å². The first kappa shape index (κ1) is 12.7. The lowest BCUT2D eigenvalue weighted by Crippen LogP contribution is -2.52. The molecule has 0 spiro atoms. The minimum absolute atomic E-state index is 0.0447. The molecule has 7 nitrogen and oxygen atoms in total. The highest BCUT2D eigenvalue weighted by atomic mass is 16.5. The number of hydrogen-bond donors (Lipinski definition) is 2. The van der Waals surface area contributed by atoms with Crippen molar-refractivity contribution in [2.75, 3.05) is 32.5 Å². The summed E-state index contributed by atoms with van der Waals surface area (Å²) in [6, 6.07) is 1.52. The molecule has 7 heteroatoms. The number of anilines is 1. The molecular weight excluding hydrogens is 234 g/mol. The van der Waals surface area contributed by atoms with Crippen LogP contribution in [0.2, 0.25) is 0 Å². The van der Waals surface area contributed by atoms with Gasteiger partial charge in [0.25, 0.3) is 0 Å². The fraction of sp³-hybridized carbons (Fsp3) is 0.545. The normalized spacial score (nSPS) is 20.6. The summed E-state index contributed by atoms with van der Waals surface area (Å²) in [6.45, 7) is 2.28. The number of ether oxygens (including phenoxy) is 1. The lowest BCUT2D eigenvalue weighted by atomic mass is 10.2. The molecule has 1 aromatic heterocycles. The second-order valence-corrected chi connectivity index (χ2v) is 4.08. The third-order valence-corrected chi connectivity index (χ3v) is 2.89. The van der Waals surface area contributed by atoms with Crippen LogP contribution in [0, 0.1) is 0 Å². The molecule has 0 saturated carbocycles. The number of rotatable bonds is 3. The van der Waals surface area contributed by atoms with Crippen molar-refractivity contribution in [3.8, 4) is 0 Å². The van der Waals surface area contributed by atoms with E-state index in [0.717, 1.165) is 5.69 Å². The van der Waals surface area contributed by atoms with Crippen LogP contribution in [-0.2, 0) is 16.1 Å². The number of nitrogens with zero attached hydrogens (tertiary/aromatic N) is 3. The second-order valence-electron chi connectivity index (χ2n) is 4.08. The first-order valence-corrected chi connectivity index (χ1v) is 5.81. The van der Waals surface area contributed by atoms with Crippen LogP contribution < -0.4 is 11.1 Å². The predicted molar refractivity (Wildman–Crippen MR) is 65.5 cm³/mol. The lowest BCUT2D eigenvalue weighted by molar-refractivity contribution is -0.132. The molecule has 0 bridgehead atoms. The van der Waals surface area contributed by atoms with Crippen LogP contribution >= 0.6 is 0 Å². The number of nitrogen functional groups attached to an aromatic ring is 1. The molecule has 0 aliphatic carbocycles. The van der Waals surface area contributed by atoms with E-state index in [2.05, 4.69) is 15.3 Å². The number of carbonyl (C=O) groups excluding carboxylic acids is 1. The molecule has 2 rings (SSSR count). The van der Waals surface area contributed by atoms with E-state index in [1.807, 2.05) is 4.90 Å². The minimum atomic E-state index is -0.278. The topological polar surface area (TPSA) is 93.4 Å². The molecule has 0 radical (unpaired) electrons. The Kier molecular flexibility index (Phi) is 4.06. The van der Waals surface area contributed by atoms with Crippen LogP contribution in [0.25, 0.3) is 0 Å². The Morgan fingerprint density at radius 2 is 2.56 bits per heavy atom. The Labute approximate surface area is 105 Å². The zero-order chi connectivity index (χ0) is 13.0. The molecule has 0 aromatic carbocycles. The van der Waals surface area contributed by atoms with E-state index in [9.17, 15) is 4.79 Å². The Morgan fingerprint density at radius 3 is 3.28 bits per heavy atom. The van der Waals surface area contributed by atoms with Crippen molar-refractivity contribution < 1.29 is 9.53 Å². The van der Waals surface area contributed by atoms with Gasteiger partial charge in [-0.2, -0.15) is 0 Å². The van der Waals surface area contributed by atoms with Crippen molar-refractivity contribution in [2.45, 2.75) is 12.6 Å². The number of carbonyl (C=O) groups is 1. The third kappa shape index (κ3) is 2.93. The van der Waals surface area contributed by atoms with Gasteiger partial charge < -0.3 is 15.8 Å². The fourth-order valence-corrected chi connectivity index (χ4v) is 1.94. The molecule has 1 aromatic rings. The Balaban J connectivity index is 2.07. The number of likely N-dealkylation sites (N-methyl/N-ethyl adjacent to an activating group) is 1. The standard InChI is InChI=1S/C11H17N5O2/c1-13-10(17)9-7-18-5-4-16(9)6-8-2-3-14-11(12)15-8/h2-3,9H,4-7H2,1H3,(H,13,17)(H2,12,14,15). The average Bonchev–Trinajstić information content (AvgIpc) is 2.38. The highest BCUT2D eigenvalue weighted by Crippen LogP contribution is 2.11. The second kappa shape index (κ2) is 5.74. The van der Waals surface area contributed by atoms with Gasteiger partial charge in [-0.1, -0.05) is 0 Å². The SMILES string of the molecule is CNC(=O)C1COCCN1Cc1ccnc(N)n1. The fourth-order valence-electron chi connectivity index (χ4n) is 1.94. The van der Waals surface area contributed by atoms with Crippen LogP contribution in [0.4, 0.5) is 5.95 Å². The zero-order valence-corrected chi connectivity index (χ0v) is 10.3. The van der Waals surface area contributed by atoms with Crippen molar-refractivity contribution in [3.63, 3.8) is 0 Å². The monoisotopic (exact) mass is 251 g/mol. The highest BCUT2D eigenvalue weighted by molar-refractivity contribution is 5.81. The molecule has 2 heterocycles. The molecule has 18 heavy (non-hydrogen) atoms. The highest BCUT2D eigenvalue weighted by Gasteiger charge is 2.28. The van der Waals surface area contributed by atoms with Crippen LogP contribution in [0.3, 0.4) is 0 Å². The summed E-state index contributed by atoms with van der Waals surface area (Å²) in [4.78, 5) is 21.8. The van der Waals surface area contributed by atoms with Crippen LogP contribution in [-0.4, -0.2) is 53.6 Å². The zero-order valence-electron chi connectivity index (χ0n) is 10.3. The summed E-state index contributed by atoms with van der Waals surface area (Å²) in [5.41, 5.74) is 6.34. The number of morpholine rings is 1. The van der Waals surface area contributed by atoms with E-state index in [0.29, 0.717) is 26.3 Å². The predicted octanol–water partition coefficient (Wildman–Crippen LogP) is -0.994. The van der Waals surface area contributed by atoms with E-state index in [-0.39, 0.29) is 17.9 Å². The van der Waals surface area contributed by atoms with Crippen LogP contribution in [0.1, 0.15) is 5.69 Å². The molecule has 3 N–H and O–H groups in total. The Bertz CT molecular complexity index is 426. The maximum atomic E-state index is 11.7. The smallest absolute Gasteiger partial charge is 0.239 e. The number of hydrogen-bond acceptors (Lipinski definition) is 6. The van der Waals surface area contributed by atoms with Gasteiger partial charge in [-0.3, -0.25) is 9.69 Å². The molecule has 1 aliphatic rings. The Hall–Kier alpha value is -1.73. The van der Waals surface area contributed by atoms with E-state index in [1.165, 1.54) is 0 Å². The van der Waals surface area contributed by atoms with Crippen LogP contribution in [0.5, 0.6) is 0 Å². The van der Waals surface area contributed by atoms with E-state index in [4.69, 9.17) is 10.5 Å². The number of nitrogens with two attached hydrogens (primary N) is 1. The molecule has 1 unspecified atom stereocenters. The third-order valence-electron chi connectivity index (χ3n) is 2.89. The summed E-state index contributed by atoms with van der Waals surface area (Å²) in [6.07, 6.45) is 1.62. The van der Waals surface area contributed by atoms with Gasteiger partial charge >= 0.3 is 0 Å². The van der Waals surface area contributed by atoms with E-state index in [1.54, 1.807) is 19.3 Å². The number of aromatic nitrogens is 2. The van der Waals surface area contributed by atoms with Gasteiger partial charge in [0, 0.05) is 26.3 Å². The minimum Gasteiger partial charge on any atom is -0.378 e. The molecule has 98 valence electrons. The summed E-state index contributed by atoms with van der Waals surface area (Å²) < 4.78 is 5.34. The first-order chi connectivity index (χ1) is 8.70. The van der Waals surface area contributed by atoms with Gasteiger partial charge in [0.1, 0.15) is 6.04 Å². The van der Waals surface area contributed by atoms with Gasteiger partial charge in [0.05, 0.1) is 18.9 Å². The van der Waals surface area contributed by atoms with Crippen molar-refractivity contribution in [3.05, 3.63) is 18.0 Å². The molecule has 1 amide bonds. The average molecular weight is 251 g/mol. The molecule has 1 fully saturated rings. The summed E-state index contributed by atoms with van der Waals surface area (Å²) in [7, 11) is 1.62. The van der Waals surface area contributed by atoms with Crippen molar-refractivity contribution in [1.82, 2.24) is 20.2 Å². The van der Waals surface area contributed by atoms with Crippen molar-refractivity contribution >= 4 is 11.9 Å². The van der Waals surface area contributed by atoms with Crippen LogP contribution in [0.15, 0.2) is 12.3 Å². The summed E-state index contributed by atoms with van der Waals surface area (Å²) in [5, 5.41) is 2.64. The number of nitrogens with one attached hydrogen (secondary N) is 1. The largest absolute Gasteiger partial charge is 0.378 e. The molecule has 1 atom stereocenters.